The number of benzene rings is 2. The molecule has 0 unspecified atom stereocenters. The van der Waals surface area contributed by atoms with Gasteiger partial charge in [0.25, 0.3) is 0 Å². The quantitative estimate of drug-likeness (QED) is 0.820. The Balaban J connectivity index is 1.54. The topological polar surface area (TPSA) is 33.7 Å². The van der Waals surface area contributed by atoms with Crippen LogP contribution in [0, 0.1) is 18.6 Å². The molecule has 0 aliphatic carbocycles. The first-order chi connectivity index (χ1) is 12.5. The molecule has 0 saturated carbocycles. The number of rotatable bonds is 4. The van der Waals surface area contributed by atoms with E-state index < -0.39 is 5.82 Å². The average molecular weight is 378 g/mol. The Labute approximate surface area is 156 Å². The number of hydrogen-bond donors (Lipinski definition) is 1. The number of anilines is 1. The van der Waals surface area contributed by atoms with E-state index in [1.165, 1.54) is 18.2 Å². The van der Waals surface area contributed by atoms with Crippen molar-refractivity contribution in [3.8, 4) is 5.75 Å². The molecule has 1 atom stereocenters. The van der Waals surface area contributed by atoms with Crippen LogP contribution in [0.2, 0.25) is 0 Å². The molecule has 2 aromatic carbocycles. The van der Waals surface area contributed by atoms with E-state index in [1.54, 1.807) is 24.3 Å². The molecule has 7 heteroatoms. The predicted molar refractivity (Wildman–Crippen MR) is 101 cm³/mol. The van der Waals surface area contributed by atoms with Crippen LogP contribution in [-0.4, -0.2) is 42.4 Å². The molecule has 3 rings (SSSR count). The Morgan fingerprint density at radius 2 is 2.04 bits per heavy atom. The van der Waals surface area contributed by atoms with E-state index in [0.29, 0.717) is 24.8 Å². The van der Waals surface area contributed by atoms with Crippen molar-refractivity contribution in [3.05, 3.63) is 59.7 Å². The van der Waals surface area contributed by atoms with Gasteiger partial charge in [-0.25, -0.2) is 8.78 Å². The van der Waals surface area contributed by atoms with Crippen molar-refractivity contribution in [1.29, 1.82) is 0 Å². The van der Waals surface area contributed by atoms with Crippen molar-refractivity contribution in [2.24, 2.45) is 0 Å². The average Bonchev–Trinajstić information content (AvgIpc) is 2.64. The van der Waals surface area contributed by atoms with Gasteiger partial charge in [0.2, 0.25) is 0 Å². The number of thiocarbonyl (C=S) groups is 1. The third kappa shape index (κ3) is 4.89. The first kappa shape index (κ1) is 18.5. The molecule has 0 radical (unpaired) electrons. The second-order valence-corrected chi connectivity index (χ2v) is 6.51. The summed E-state index contributed by atoms with van der Waals surface area (Å²) >= 11 is 5.42. The molecule has 1 aliphatic heterocycles. The summed E-state index contributed by atoms with van der Waals surface area (Å²) in [5.41, 5.74) is 1.65. The molecule has 0 bridgehead atoms. The van der Waals surface area contributed by atoms with Crippen LogP contribution in [0.15, 0.2) is 42.5 Å². The third-order valence-corrected chi connectivity index (χ3v) is 4.39. The van der Waals surface area contributed by atoms with E-state index in [-0.39, 0.29) is 24.3 Å². The summed E-state index contributed by atoms with van der Waals surface area (Å²) in [6.45, 7) is 3.78. The number of morpholine rings is 1. The van der Waals surface area contributed by atoms with E-state index in [2.05, 4.69) is 5.32 Å². The minimum Gasteiger partial charge on any atom is -0.488 e. The summed E-state index contributed by atoms with van der Waals surface area (Å²) in [6, 6.07) is 10.7. The lowest BCUT2D eigenvalue weighted by Crippen LogP contribution is -2.49. The van der Waals surface area contributed by atoms with E-state index in [1.807, 2.05) is 11.8 Å². The van der Waals surface area contributed by atoms with Gasteiger partial charge in [-0.2, -0.15) is 0 Å². The highest BCUT2D eigenvalue weighted by Gasteiger charge is 2.23. The van der Waals surface area contributed by atoms with Gasteiger partial charge in [0.05, 0.1) is 6.61 Å². The van der Waals surface area contributed by atoms with E-state index >= 15 is 0 Å². The van der Waals surface area contributed by atoms with Crippen molar-refractivity contribution < 1.29 is 18.3 Å². The molecule has 26 heavy (non-hydrogen) atoms. The normalized spacial score (nSPS) is 17.0. The fraction of sp³-hybridized carbons (Fsp3) is 0.316. The molecule has 1 fully saturated rings. The highest BCUT2D eigenvalue weighted by atomic mass is 32.1. The van der Waals surface area contributed by atoms with Gasteiger partial charge in [-0.1, -0.05) is 6.07 Å². The largest absolute Gasteiger partial charge is 0.488 e. The molecule has 4 nitrogen and oxygen atoms in total. The van der Waals surface area contributed by atoms with Gasteiger partial charge >= 0.3 is 0 Å². The van der Waals surface area contributed by atoms with Crippen molar-refractivity contribution >= 4 is 23.0 Å². The van der Waals surface area contributed by atoms with Crippen LogP contribution >= 0.6 is 12.2 Å². The number of ether oxygens (including phenoxy) is 2. The Morgan fingerprint density at radius 1 is 1.27 bits per heavy atom. The van der Waals surface area contributed by atoms with Crippen molar-refractivity contribution in [3.63, 3.8) is 0 Å². The number of halogens is 2. The molecule has 0 spiro atoms. The second kappa shape index (κ2) is 8.42. The number of nitrogens with zero attached hydrogens (tertiary/aromatic N) is 1. The lowest BCUT2D eigenvalue weighted by atomic mass is 10.2. The van der Waals surface area contributed by atoms with Crippen LogP contribution in [0.3, 0.4) is 0 Å². The maximum atomic E-state index is 13.8. The van der Waals surface area contributed by atoms with Crippen LogP contribution in [0.25, 0.3) is 0 Å². The van der Waals surface area contributed by atoms with Crippen LogP contribution in [0.1, 0.15) is 5.56 Å². The van der Waals surface area contributed by atoms with Crippen molar-refractivity contribution in [2.45, 2.75) is 13.0 Å². The summed E-state index contributed by atoms with van der Waals surface area (Å²) in [4.78, 5) is 1.96. The minimum absolute atomic E-state index is 0.220. The molecule has 0 aromatic heterocycles. The Hall–Kier alpha value is -2.25. The smallest absolute Gasteiger partial charge is 0.173 e. The lowest BCUT2D eigenvalue weighted by Gasteiger charge is -2.34. The van der Waals surface area contributed by atoms with Gasteiger partial charge in [-0.05, 0) is 61.1 Å². The molecular weight excluding hydrogens is 358 g/mol. The summed E-state index contributed by atoms with van der Waals surface area (Å²) in [6.07, 6.45) is -0.225. The molecule has 1 N–H and O–H groups in total. The van der Waals surface area contributed by atoms with Crippen molar-refractivity contribution in [1.82, 2.24) is 4.90 Å². The molecule has 138 valence electrons. The van der Waals surface area contributed by atoms with Gasteiger partial charge in [-0.3, -0.25) is 0 Å². The SMILES string of the molecule is Cc1ccc(F)c(OC[C@H]2CN(C(=S)Nc3ccc(F)cc3)CCO2)c1. The first-order valence-electron chi connectivity index (χ1n) is 8.33. The molecule has 1 aliphatic rings. The highest BCUT2D eigenvalue weighted by molar-refractivity contribution is 7.80. The first-order valence-corrected chi connectivity index (χ1v) is 8.74. The molecule has 0 amide bonds. The summed E-state index contributed by atoms with van der Waals surface area (Å²) in [5, 5.41) is 3.62. The molecular formula is C19H20F2N2O2S. The van der Waals surface area contributed by atoms with E-state index in [9.17, 15) is 8.78 Å². The minimum atomic E-state index is -0.392. The Morgan fingerprint density at radius 3 is 2.81 bits per heavy atom. The van der Waals surface area contributed by atoms with Crippen LogP contribution in [0.5, 0.6) is 5.75 Å². The maximum absolute atomic E-state index is 13.8. The fourth-order valence-electron chi connectivity index (χ4n) is 2.64. The predicted octanol–water partition coefficient (Wildman–Crippen LogP) is 3.75. The number of hydrogen-bond acceptors (Lipinski definition) is 3. The summed E-state index contributed by atoms with van der Waals surface area (Å²) in [7, 11) is 0. The zero-order chi connectivity index (χ0) is 18.5. The number of aryl methyl sites for hydroxylation is 1. The lowest BCUT2D eigenvalue weighted by molar-refractivity contribution is -0.0285. The van der Waals surface area contributed by atoms with Crippen LogP contribution in [0.4, 0.5) is 14.5 Å². The zero-order valence-electron chi connectivity index (χ0n) is 14.4. The molecule has 1 saturated heterocycles. The molecule has 1 heterocycles. The van der Waals surface area contributed by atoms with Gasteiger partial charge in [0.1, 0.15) is 18.5 Å². The van der Waals surface area contributed by atoms with Gasteiger partial charge in [0, 0.05) is 18.8 Å². The Kier molecular flexibility index (Phi) is 6.00. The van der Waals surface area contributed by atoms with Crippen LogP contribution in [-0.2, 0) is 4.74 Å². The van der Waals surface area contributed by atoms with E-state index in [0.717, 1.165) is 11.3 Å². The van der Waals surface area contributed by atoms with Gasteiger partial charge in [-0.15, -0.1) is 0 Å². The van der Waals surface area contributed by atoms with E-state index in [4.69, 9.17) is 21.7 Å². The van der Waals surface area contributed by atoms with Crippen molar-refractivity contribution in [2.75, 3.05) is 31.6 Å². The highest BCUT2D eigenvalue weighted by Crippen LogP contribution is 2.19. The monoisotopic (exact) mass is 378 g/mol. The maximum Gasteiger partial charge on any atom is 0.173 e. The van der Waals surface area contributed by atoms with Gasteiger partial charge in [0.15, 0.2) is 16.7 Å². The molecule has 2 aromatic rings. The standard InChI is InChI=1S/C19H20F2N2O2S/c1-13-2-7-17(21)18(10-13)25-12-16-11-23(8-9-24-16)19(26)22-15-5-3-14(20)4-6-15/h2-7,10,16H,8-9,11-12H2,1H3,(H,22,26)/t16-/m1/s1. The Bertz CT molecular complexity index is 771. The summed E-state index contributed by atoms with van der Waals surface area (Å²) in [5.74, 6) is -0.470. The van der Waals surface area contributed by atoms with Gasteiger partial charge < -0.3 is 19.7 Å². The number of nitrogens with one attached hydrogen (secondary N) is 1. The fourth-order valence-corrected chi connectivity index (χ4v) is 2.93. The second-order valence-electron chi connectivity index (χ2n) is 6.12. The van der Waals surface area contributed by atoms with Crippen LogP contribution < -0.4 is 10.1 Å². The summed E-state index contributed by atoms with van der Waals surface area (Å²) < 4.78 is 38.0. The zero-order valence-corrected chi connectivity index (χ0v) is 15.2. The third-order valence-electron chi connectivity index (χ3n) is 4.03.